The van der Waals surface area contributed by atoms with Gasteiger partial charge in [-0.2, -0.15) is 0 Å². The van der Waals surface area contributed by atoms with Crippen LogP contribution in [0.2, 0.25) is 0 Å². The molecule has 21 heavy (non-hydrogen) atoms. The molecule has 4 heteroatoms. The van der Waals surface area contributed by atoms with E-state index in [2.05, 4.69) is 61.0 Å². The summed E-state index contributed by atoms with van der Waals surface area (Å²) in [7, 11) is 0. The van der Waals surface area contributed by atoms with Gasteiger partial charge in [-0.25, -0.2) is 4.98 Å². The smallest absolute Gasteiger partial charge is 0.0797 e. The van der Waals surface area contributed by atoms with E-state index in [4.69, 9.17) is 0 Å². The van der Waals surface area contributed by atoms with Gasteiger partial charge in [0.2, 0.25) is 0 Å². The maximum absolute atomic E-state index is 4.32. The number of rotatable bonds is 8. The highest BCUT2D eigenvalue weighted by molar-refractivity contribution is 7.09. The van der Waals surface area contributed by atoms with Gasteiger partial charge in [-0.15, -0.1) is 11.3 Å². The predicted octanol–water partition coefficient (Wildman–Crippen LogP) is 4.19. The molecule has 1 unspecified atom stereocenters. The molecule has 2 aromatic heterocycles. The summed E-state index contributed by atoms with van der Waals surface area (Å²) >= 11 is 1.76. The normalized spacial score (nSPS) is 13.0. The van der Waals surface area contributed by atoms with E-state index in [1.54, 1.807) is 11.3 Å². The second kappa shape index (κ2) is 7.76. The van der Waals surface area contributed by atoms with E-state index in [0.29, 0.717) is 12.0 Å². The van der Waals surface area contributed by atoms with Gasteiger partial charge < -0.3 is 9.88 Å². The fourth-order valence-corrected chi connectivity index (χ4v) is 3.39. The fourth-order valence-electron chi connectivity index (χ4n) is 2.62. The molecule has 1 N–H and O–H groups in total. The topological polar surface area (TPSA) is 29.9 Å². The molecular formula is C17H27N3S. The molecule has 0 aromatic carbocycles. The summed E-state index contributed by atoms with van der Waals surface area (Å²) in [6.45, 7) is 11.0. The van der Waals surface area contributed by atoms with Crippen molar-refractivity contribution in [1.82, 2.24) is 14.9 Å². The second-order valence-electron chi connectivity index (χ2n) is 5.97. The molecule has 0 saturated heterocycles. The quantitative estimate of drug-likeness (QED) is 0.792. The van der Waals surface area contributed by atoms with Gasteiger partial charge in [0.1, 0.15) is 0 Å². The van der Waals surface area contributed by atoms with Crippen molar-refractivity contribution in [3.63, 3.8) is 0 Å². The first kappa shape index (κ1) is 16.2. The van der Waals surface area contributed by atoms with Gasteiger partial charge in [0.25, 0.3) is 0 Å². The van der Waals surface area contributed by atoms with E-state index in [-0.39, 0.29) is 0 Å². The van der Waals surface area contributed by atoms with Gasteiger partial charge >= 0.3 is 0 Å². The summed E-state index contributed by atoms with van der Waals surface area (Å²) in [5.74, 6) is 0.608. The molecule has 2 aromatic rings. The number of hydrogen-bond acceptors (Lipinski definition) is 3. The van der Waals surface area contributed by atoms with Crippen molar-refractivity contribution in [3.8, 4) is 0 Å². The standard InChI is InChI=1S/C17H27N3S/c1-5-8-18-17(13(2)3)15-6-9-20(11-15)10-7-16-14(4)19-12-21-16/h6,9,11-13,17-18H,5,7-8,10H2,1-4H3. The summed E-state index contributed by atoms with van der Waals surface area (Å²) in [4.78, 5) is 5.72. The Labute approximate surface area is 132 Å². The van der Waals surface area contributed by atoms with Crippen LogP contribution in [0.1, 0.15) is 49.4 Å². The molecule has 0 amide bonds. The molecule has 0 fully saturated rings. The SMILES string of the molecule is CCCNC(c1ccn(CCc2scnc2C)c1)C(C)C. The highest BCUT2D eigenvalue weighted by Crippen LogP contribution is 2.22. The largest absolute Gasteiger partial charge is 0.354 e. The van der Waals surface area contributed by atoms with Gasteiger partial charge in [0.15, 0.2) is 0 Å². The molecule has 1 atom stereocenters. The highest BCUT2D eigenvalue weighted by Gasteiger charge is 2.15. The predicted molar refractivity (Wildman–Crippen MR) is 90.9 cm³/mol. The molecule has 0 bridgehead atoms. The zero-order chi connectivity index (χ0) is 15.2. The summed E-state index contributed by atoms with van der Waals surface area (Å²) < 4.78 is 2.30. The zero-order valence-corrected chi connectivity index (χ0v) is 14.4. The summed E-state index contributed by atoms with van der Waals surface area (Å²) in [6.07, 6.45) is 6.74. The molecule has 0 saturated carbocycles. The van der Waals surface area contributed by atoms with Crippen LogP contribution in [0.5, 0.6) is 0 Å². The number of thiazole rings is 1. The first-order chi connectivity index (χ1) is 10.1. The Morgan fingerprint density at radius 1 is 1.38 bits per heavy atom. The third-order valence-corrected chi connectivity index (χ3v) is 4.85. The van der Waals surface area contributed by atoms with Crippen LogP contribution in [0.4, 0.5) is 0 Å². The van der Waals surface area contributed by atoms with Crippen LogP contribution in [-0.2, 0) is 13.0 Å². The van der Waals surface area contributed by atoms with E-state index in [0.717, 1.165) is 19.5 Å². The molecule has 3 nitrogen and oxygen atoms in total. The third kappa shape index (κ3) is 4.42. The van der Waals surface area contributed by atoms with E-state index >= 15 is 0 Å². The number of aromatic nitrogens is 2. The maximum atomic E-state index is 4.32. The molecule has 0 aliphatic rings. The van der Waals surface area contributed by atoms with E-state index < -0.39 is 0 Å². The van der Waals surface area contributed by atoms with Gasteiger partial charge in [0, 0.05) is 36.3 Å². The van der Waals surface area contributed by atoms with Gasteiger partial charge in [0.05, 0.1) is 11.2 Å². The number of nitrogens with zero attached hydrogens (tertiary/aromatic N) is 2. The number of nitrogens with one attached hydrogen (secondary N) is 1. The van der Waals surface area contributed by atoms with Crippen molar-refractivity contribution in [2.24, 2.45) is 5.92 Å². The third-order valence-electron chi connectivity index (χ3n) is 3.86. The first-order valence-electron chi connectivity index (χ1n) is 7.89. The van der Waals surface area contributed by atoms with Crippen molar-refractivity contribution in [2.75, 3.05) is 6.54 Å². The van der Waals surface area contributed by atoms with Crippen LogP contribution in [0.15, 0.2) is 24.0 Å². The molecule has 2 rings (SSSR count). The van der Waals surface area contributed by atoms with Crippen molar-refractivity contribution >= 4 is 11.3 Å². The summed E-state index contributed by atoms with van der Waals surface area (Å²) in [5.41, 5.74) is 4.52. The van der Waals surface area contributed by atoms with E-state index in [9.17, 15) is 0 Å². The van der Waals surface area contributed by atoms with Crippen LogP contribution in [0, 0.1) is 12.8 Å². The lowest BCUT2D eigenvalue weighted by Crippen LogP contribution is -2.26. The number of hydrogen-bond donors (Lipinski definition) is 1. The lowest BCUT2D eigenvalue weighted by Gasteiger charge is -2.21. The average Bonchev–Trinajstić information content (AvgIpc) is 3.06. The Morgan fingerprint density at radius 3 is 2.81 bits per heavy atom. The fraction of sp³-hybridized carbons (Fsp3) is 0.588. The van der Waals surface area contributed by atoms with E-state index in [1.165, 1.54) is 22.6 Å². The summed E-state index contributed by atoms with van der Waals surface area (Å²) in [6, 6.07) is 2.71. The maximum Gasteiger partial charge on any atom is 0.0797 e. The number of aryl methyl sites for hydroxylation is 3. The van der Waals surface area contributed by atoms with Crippen LogP contribution in [0.3, 0.4) is 0 Å². The molecule has 116 valence electrons. The molecule has 0 spiro atoms. The minimum atomic E-state index is 0.455. The van der Waals surface area contributed by atoms with Crippen molar-refractivity contribution in [2.45, 2.75) is 53.1 Å². The van der Waals surface area contributed by atoms with Crippen LogP contribution < -0.4 is 5.32 Å². The Bertz CT molecular complexity index is 542. The minimum absolute atomic E-state index is 0.455. The molecular weight excluding hydrogens is 278 g/mol. The average molecular weight is 305 g/mol. The molecule has 0 aliphatic heterocycles. The van der Waals surface area contributed by atoms with Crippen molar-refractivity contribution in [1.29, 1.82) is 0 Å². The minimum Gasteiger partial charge on any atom is -0.354 e. The highest BCUT2D eigenvalue weighted by atomic mass is 32.1. The van der Waals surface area contributed by atoms with Crippen molar-refractivity contribution < 1.29 is 0 Å². The van der Waals surface area contributed by atoms with E-state index in [1.807, 2.05) is 5.51 Å². The van der Waals surface area contributed by atoms with Gasteiger partial charge in [-0.3, -0.25) is 0 Å². The zero-order valence-electron chi connectivity index (χ0n) is 13.6. The molecule has 0 aliphatic carbocycles. The molecule has 0 radical (unpaired) electrons. The van der Waals surface area contributed by atoms with Crippen molar-refractivity contribution in [3.05, 3.63) is 40.1 Å². The first-order valence-corrected chi connectivity index (χ1v) is 8.77. The monoisotopic (exact) mass is 305 g/mol. The van der Waals surface area contributed by atoms with Gasteiger partial charge in [-0.1, -0.05) is 20.8 Å². The Morgan fingerprint density at radius 2 is 2.19 bits per heavy atom. The lowest BCUT2D eigenvalue weighted by atomic mass is 9.98. The van der Waals surface area contributed by atoms with Crippen LogP contribution >= 0.6 is 11.3 Å². The second-order valence-corrected chi connectivity index (χ2v) is 6.91. The Balaban J connectivity index is 1.97. The van der Waals surface area contributed by atoms with Crippen LogP contribution in [0.25, 0.3) is 0 Å². The van der Waals surface area contributed by atoms with Crippen LogP contribution in [-0.4, -0.2) is 16.1 Å². The molecule has 2 heterocycles. The van der Waals surface area contributed by atoms with Gasteiger partial charge in [-0.05, 0) is 37.4 Å². The Hall–Kier alpha value is -1.13. The Kier molecular flexibility index (Phi) is 6.00. The summed E-state index contributed by atoms with van der Waals surface area (Å²) in [5, 5.41) is 3.66. The lowest BCUT2D eigenvalue weighted by molar-refractivity contribution is 0.412.